The summed E-state index contributed by atoms with van der Waals surface area (Å²) < 4.78 is 40.2. The van der Waals surface area contributed by atoms with Crippen LogP contribution in [-0.2, 0) is 20.7 Å². The summed E-state index contributed by atoms with van der Waals surface area (Å²) in [5.41, 5.74) is 1.25. The lowest BCUT2D eigenvalue weighted by Gasteiger charge is -2.23. The van der Waals surface area contributed by atoms with E-state index in [9.17, 15) is 22.8 Å². The van der Waals surface area contributed by atoms with Crippen molar-refractivity contribution in [1.29, 1.82) is 5.26 Å². The Kier molecular flexibility index (Phi) is 11.2. The molecule has 0 saturated heterocycles. The van der Waals surface area contributed by atoms with E-state index in [-0.39, 0.29) is 0 Å². The molecule has 12 heteroatoms. The van der Waals surface area contributed by atoms with Gasteiger partial charge in [0.2, 0.25) is 0 Å². The number of hydrogen-bond acceptors (Lipinski definition) is 9. The Bertz CT molecular complexity index is 1050. The minimum absolute atomic E-state index is 0.481. The topological polar surface area (TPSA) is 96.2 Å². The Morgan fingerprint density at radius 3 is 2.47 bits per heavy atom. The number of carbonyl (C=O) groups is 2. The van der Waals surface area contributed by atoms with Gasteiger partial charge in [-0.15, -0.1) is 11.3 Å². The zero-order valence-corrected chi connectivity index (χ0v) is 22.1. The Labute approximate surface area is 217 Å². The molecule has 0 N–H and O–H groups in total. The van der Waals surface area contributed by atoms with Gasteiger partial charge in [0.1, 0.15) is 16.6 Å². The third-order valence-corrected chi connectivity index (χ3v) is 7.32. The van der Waals surface area contributed by atoms with Gasteiger partial charge in [-0.3, -0.25) is 4.79 Å². The largest absolute Gasteiger partial charge is 0.491 e. The lowest BCUT2D eigenvalue weighted by molar-refractivity contribution is -0.202. The number of carbonyl (C=O) groups excluding carboxylic acids is 2. The van der Waals surface area contributed by atoms with Crippen molar-refractivity contribution < 1.29 is 27.5 Å². The molecule has 0 fully saturated rings. The van der Waals surface area contributed by atoms with E-state index in [1.165, 1.54) is 38.0 Å². The summed E-state index contributed by atoms with van der Waals surface area (Å²) in [5.74, 6) is -3.05. The molecule has 0 atom stereocenters. The maximum atomic E-state index is 12.4. The fourth-order valence-corrected chi connectivity index (χ4v) is 5.37. The Balaban J connectivity index is 2.00. The number of rotatable bonds is 13. The van der Waals surface area contributed by atoms with Crippen molar-refractivity contribution in [1.82, 2.24) is 9.97 Å². The van der Waals surface area contributed by atoms with Crippen molar-refractivity contribution in [3.63, 3.8) is 0 Å². The van der Waals surface area contributed by atoms with E-state index in [0.717, 1.165) is 49.1 Å². The highest BCUT2D eigenvalue weighted by molar-refractivity contribution is 8.03. The predicted octanol–water partition coefficient (Wildman–Crippen LogP) is 5.93. The number of alkyl halides is 3. The second-order valence-corrected chi connectivity index (χ2v) is 11.3. The van der Waals surface area contributed by atoms with Gasteiger partial charge in [0.25, 0.3) is 0 Å². The predicted molar refractivity (Wildman–Crippen MR) is 133 cm³/mol. The van der Waals surface area contributed by atoms with Crippen LogP contribution < -0.4 is 4.90 Å². The normalized spacial score (nSPS) is 11.7. The molecule has 0 amide bonds. The highest BCUT2D eigenvalue weighted by Crippen LogP contribution is 2.36. The summed E-state index contributed by atoms with van der Waals surface area (Å²) in [6.07, 6.45) is 2.54. The number of unbranched alkanes of at least 4 members (excludes halogenated alkanes) is 4. The van der Waals surface area contributed by atoms with E-state index in [0.29, 0.717) is 22.9 Å². The summed E-state index contributed by atoms with van der Waals surface area (Å²) in [4.78, 5) is 34.1. The second-order valence-electron chi connectivity index (χ2n) is 8.56. The van der Waals surface area contributed by atoms with E-state index < -0.39 is 22.9 Å². The molecule has 0 aromatic carbocycles. The highest BCUT2D eigenvalue weighted by atomic mass is 32.2. The lowest BCUT2D eigenvalue weighted by atomic mass is 10.1. The number of nitrogens with zero attached hydrogens (tertiary/aromatic N) is 4. The number of pyridine rings is 1. The molecule has 2 aromatic rings. The first-order valence-corrected chi connectivity index (χ1v) is 13.2. The third kappa shape index (κ3) is 9.43. The van der Waals surface area contributed by atoms with Crippen molar-refractivity contribution in [3.8, 4) is 6.07 Å². The maximum absolute atomic E-state index is 12.4. The third-order valence-electron chi connectivity index (χ3n) is 5.15. The Morgan fingerprint density at radius 1 is 1.14 bits per heavy atom. The minimum atomic E-state index is -5.24. The van der Waals surface area contributed by atoms with Crippen LogP contribution in [0.3, 0.4) is 0 Å². The molecule has 0 aliphatic rings. The van der Waals surface area contributed by atoms with Gasteiger partial charge >= 0.3 is 18.1 Å². The molecular formula is C24H29F3N4O3S2. The fraction of sp³-hybridized carbons (Fsp3) is 0.542. The van der Waals surface area contributed by atoms with Crippen LogP contribution in [-0.4, -0.2) is 45.9 Å². The number of hydrogen-bond donors (Lipinski definition) is 0. The van der Waals surface area contributed by atoms with Gasteiger partial charge in [-0.1, -0.05) is 44.4 Å². The monoisotopic (exact) mass is 542 g/mol. The van der Waals surface area contributed by atoms with Crippen LogP contribution in [0, 0.1) is 11.3 Å². The number of ether oxygens (including phenoxy) is 1. The van der Waals surface area contributed by atoms with Crippen LogP contribution in [0.4, 0.5) is 19.0 Å². The summed E-state index contributed by atoms with van der Waals surface area (Å²) in [6.45, 7) is 6.36. The smallest absolute Gasteiger partial charge is 0.385 e. The number of anilines is 1. The van der Waals surface area contributed by atoms with Crippen LogP contribution in [0.5, 0.6) is 0 Å². The summed E-state index contributed by atoms with van der Waals surface area (Å²) in [5, 5.41) is 10.9. The van der Waals surface area contributed by atoms with Gasteiger partial charge in [-0.2, -0.15) is 18.4 Å². The quantitative estimate of drug-likeness (QED) is 0.133. The lowest BCUT2D eigenvalue weighted by Crippen LogP contribution is -2.36. The summed E-state index contributed by atoms with van der Waals surface area (Å²) >= 11 is 2.20. The van der Waals surface area contributed by atoms with Gasteiger partial charge in [0.15, 0.2) is 4.34 Å². The first-order chi connectivity index (χ1) is 17.0. The van der Waals surface area contributed by atoms with Gasteiger partial charge in [0, 0.05) is 31.1 Å². The van der Waals surface area contributed by atoms with Gasteiger partial charge in [0.05, 0.1) is 11.3 Å². The van der Waals surface area contributed by atoms with Gasteiger partial charge in [-0.25, -0.2) is 14.8 Å². The molecule has 2 aromatic heterocycles. The average Bonchev–Trinajstić information content (AvgIpc) is 3.26. The minimum Gasteiger partial charge on any atom is -0.385 e. The molecule has 196 valence electrons. The fourth-order valence-electron chi connectivity index (χ4n) is 3.11. The average molecular weight is 543 g/mol. The van der Waals surface area contributed by atoms with Gasteiger partial charge < -0.3 is 9.64 Å². The summed E-state index contributed by atoms with van der Waals surface area (Å²) in [6, 6.07) is 5.62. The number of nitriles is 1. The highest BCUT2D eigenvalue weighted by Gasteiger charge is 2.45. The standard InChI is InChI=1S/C24H29F3N4O3S2/c1-4-5-6-7-8-12-31(19-10-9-17(14-28)15-29-19)13-11-18-16-35-22(30-18)36-23(2,3)20(32)34-21(33)24(25,26)27/h9-10,15-16H,4-8,11-13H2,1-3H3. The maximum Gasteiger partial charge on any atom is 0.491 e. The molecule has 0 spiro atoms. The SMILES string of the molecule is CCCCCCCN(CCc1csc(SC(C)(C)C(=O)OC(=O)C(F)(F)F)n1)c1ccc(C#N)cn1. The molecule has 0 radical (unpaired) electrons. The Hall–Kier alpha value is -2.65. The first-order valence-electron chi connectivity index (χ1n) is 11.5. The molecule has 36 heavy (non-hydrogen) atoms. The van der Waals surface area contributed by atoms with Gasteiger partial charge in [-0.05, 0) is 32.4 Å². The Morgan fingerprint density at radius 2 is 1.86 bits per heavy atom. The first kappa shape index (κ1) is 29.6. The number of esters is 2. The number of halogens is 3. The number of aromatic nitrogens is 2. The molecule has 0 aliphatic heterocycles. The van der Waals surface area contributed by atoms with E-state index >= 15 is 0 Å². The molecule has 0 saturated carbocycles. The van der Waals surface area contributed by atoms with Crippen molar-refractivity contribution in [2.45, 2.75) is 74.6 Å². The molecule has 0 bridgehead atoms. The molecular weight excluding hydrogens is 513 g/mol. The van der Waals surface area contributed by atoms with Crippen LogP contribution in [0.2, 0.25) is 0 Å². The van der Waals surface area contributed by atoms with Crippen LogP contribution in [0.25, 0.3) is 0 Å². The van der Waals surface area contributed by atoms with Crippen LogP contribution >= 0.6 is 23.1 Å². The molecule has 2 heterocycles. The number of thiazole rings is 1. The van der Waals surface area contributed by atoms with E-state index in [2.05, 4.69) is 32.6 Å². The van der Waals surface area contributed by atoms with Crippen molar-refractivity contribution in [3.05, 3.63) is 35.0 Å². The van der Waals surface area contributed by atoms with E-state index in [1.54, 1.807) is 12.3 Å². The number of thioether (sulfide) groups is 1. The molecule has 7 nitrogen and oxygen atoms in total. The van der Waals surface area contributed by atoms with E-state index in [1.807, 2.05) is 11.4 Å². The van der Waals surface area contributed by atoms with Crippen molar-refractivity contribution in [2.75, 3.05) is 18.0 Å². The van der Waals surface area contributed by atoms with Crippen LogP contribution in [0.15, 0.2) is 28.0 Å². The summed E-state index contributed by atoms with van der Waals surface area (Å²) in [7, 11) is 0. The van der Waals surface area contributed by atoms with E-state index in [4.69, 9.17) is 5.26 Å². The van der Waals surface area contributed by atoms with Crippen molar-refractivity contribution in [2.24, 2.45) is 0 Å². The zero-order valence-electron chi connectivity index (χ0n) is 20.4. The molecule has 0 aliphatic carbocycles. The van der Waals surface area contributed by atoms with Crippen LogP contribution in [0.1, 0.15) is 64.1 Å². The zero-order chi connectivity index (χ0) is 26.8. The van der Waals surface area contributed by atoms with Crippen molar-refractivity contribution >= 4 is 40.9 Å². The second kappa shape index (κ2) is 13.6. The molecule has 2 rings (SSSR count). The molecule has 0 unspecified atom stereocenters.